The molecule has 0 unspecified atom stereocenters. The number of thiocarbonyl (C=S) groups is 1. The van der Waals surface area contributed by atoms with Gasteiger partial charge in [0.1, 0.15) is 6.10 Å². The lowest BCUT2D eigenvalue weighted by atomic mass is 10.1. The number of carbonyl (C=O) groups is 1. The lowest BCUT2D eigenvalue weighted by molar-refractivity contribution is -0.146. The highest BCUT2D eigenvalue weighted by Crippen LogP contribution is 2.12. The number of esters is 1. The maximum atomic E-state index is 11.0. The maximum Gasteiger partial charge on any atom is 0.302 e. The van der Waals surface area contributed by atoms with Crippen molar-refractivity contribution in [3.8, 4) is 0 Å². The van der Waals surface area contributed by atoms with Crippen molar-refractivity contribution in [2.45, 2.75) is 51.7 Å². The molecule has 1 N–H and O–H groups in total. The fourth-order valence-corrected chi connectivity index (χ4v) is 1.64. The van der Waals surface area contributed by atoms with Crippen LogP contribution in [0.4, 0.5) is 0 Å². The van der Waals surface area contributed by atoms with Crippen LogP contribution in [-0.4, -0.2) is 47.3 Å². The van der Waals surface area contributed by atoms with Crippen molar-refractivity contribution in [1.29, 1.82) is 0 Å². The van der Waals surface area contributed by atoms with E-state index < -0.39 is 0 Å². The van der Waals surface area contributed by atoms with Crippen molar-refractivity contribution in [2.24, 2.45) is 0 Å². The van der Waals surface area contributed by atoms with E-state index in [0.717, 1.165) is 17.8 Å². The molecule has 0 aliphatic heterocycles. The second-order valence-corrected chi connectivity index (χ2v) is 4.97. The van der Waals surface area contributed by atoms with Gasteiger partial charge in [-0.05, 0) is 26.2 Å². The molecule has 2 atom stereocenters. The van der Waals surface area contributed by atoms with Gasteiger partial charge in [-0.3, -0.25) is 4.79 Å². The summed E-state index contributed by atoms with van der Waals surface area (Å²) in [5.74, 6) is -0.284. The smallest absolute Gasteiger partial charge is 0.302 e. The van der Waals surface area contributed by atoms with Crippen LogP contribution in [0, 0.1) is 0 Å². The van der Waals surface area contributed by atoms with Crippen LogP contribution in [-0.2, 0) is 9.53 Å². The molecular formula is C12H23NO3S. The Hall–Kier alpha value is -0.680. The van der Waals surface area contributed by atoms with Gasteiger partial charge in [-0.15, -0.1) is 0 Å². The van der Waals surface area contributed by atoms with Crippen LogP contribution < -0.4 is 0 Å². The Balaban J connectivity index is 4.14. The highest BCUT2D eigenvalue weighted by Gasteiger charge is 2.15. The van der Waals surface area contributed by atoms with Gasteiger partial charge >= 0.3 is 5.97 Å². The minimum Gasteiger partial charge on any atom is -0.462 e. The molecule has 0 aromatic heterocycles. The first-order valence-corrected chi connectivity index (χ1v) is 6.29. The third-order valence-corrected chi connectivity index (χ3v) is 2.91. The molecule has 0 rings (SSSR count). The van der Waals surface area contributed by atoms with Gasteiger partial charge in [-0.1, -0.05) is 12.2 Å². The zero-order chi connectivity index (χ0) is 13.4. The SMILES string of the molecule is CC(=O)O[C@H](CCC[C@@H](C)O)CC(=S)N(C)C. The number of rotatable bonds is 7. The standard InChI is InChI=1S/C12H23NO3S/c1-9(14)6-5-7-11(16-10(2)15)8-12(17)13(3)4/h9,11,14H,5-8H2,1-4H3/t9-,11-/m1/s1. The molecule has 5 heteroatoms. The normalized spacial score (nSPS) is 13.9. The molecular weight excluding hydrogens is 238 g/mol. The molecule has 100 valence electrons. The molecule has 17 heavy (non-hydrogen) atoms. The van der Waals surface area contributed by atoms with Gasteiger partial charge in [0.25, 0.3) is 0 Å². The number of hydrogen-bond donors (Lipinski definition) is 1. The Kier molecular flexibility index (Phi) is 8.08. The summed E-state index contributed by atoms with van der Waals surface area (Å²) in [5.41, 5.74) is 0. The molecule has 0 aliphatic carbocycles. The largest absolute Gasteiger partial charge is 0.462 e. The fraction of sp³-hybridized carbons (Fsp3) is 0.833. The van der Waals surface area contributed by atoms with Crippen molar-refractivity contribution in [2.75, 3.05) is 14.1 Å². The van der Waals surface area contributed by atoms with Gasteiger partial charge in [-0.25, -0.2) is 0 Å². The molecule has 0 bridgehead atoms. The quantitative estimate of drug-likeness (QED) is 0.559. The Morgan fingerprint density at radius 3 is 2.41 bits per heavy atom. The highest BCUT2D eigenvalue weighted by molar-refractivity contribution is 7.80. The van der Waals surface area contributed by atoms with Gasteiger partial charge in [-0.2, -0.15) is 0 Å². The Bertz CT molecular complexity index is 254. The number of aliphatic hydroxyl groups is 1. The van der Waals surface area contributed by atoms with Crippen molar-refractivity contribution in [3.05, 3.63) is 0 Å². The van der Waals surface area contributed by atoms with E-state index in [1.807, 2.05) is 19.0 Å². The third-order valence-electron chi connectivity index (χ3n) is 2.38. The zero-order valence-corrected chi connectivity index (χ0v) is 11.9. The number of nitrogens with zero attached hydrogens (tertiary/aromatic N) is 1. The summed E-state index contributed by atoms with van der Waals surface area (Å²) < 4.78 is 5.22. The number of aliphatic hydroxyl groups excluding tert-OH is 1. The van der Waals surface area contributed by atoms with Gasteiger partial charge in [0.2, 0.25) is 0 Å². The molecule has 0 aromatic carbocycles. The zero-order valence-electron chi connectivity index (χ0n) is 11.1. The molecule has 4 nitrogen and oxygen atoms in total. The van der Waals surface area contributed by atoms with Crippen LogP contribution in [0.5, 0.6) is 0 Å². The number of ether oxygens (including phenoxy) is 1. The molecule has 0 saturated heterocycles. The van der Waals surface area contributed by atoms with Gasteiger partial charge < -0.3 is 14.7 Å². The van der Waals surface area contributed by atoms with E-state index >= 15 is 0 Å². The number of carbonyl (C=O) groups excluding carboxylic acids is 1. The minimum absolute atomic E-state index is 0.179. The summed E-state index contributed by atoms with van der Waals surface area (Å²) in [6.45, 7) is 3.16. The van der Waals surface area contributed by atoms with E-state index in [2.05, 4.69) is 0 Å². The molecule has 0 radical (unpaired) electrons. The minimum atomic E-state index is -0.311. The predicted molar refractivity (Wildman–Crippen MR) is 72.0 cm³/mol. The molecule has 0 fully saturated rings. The highest BCUT2D eigenvalue weighted by atomic mass is 32.1. The summed E-state index contributed by atoms with van der Waals surface area (Å²) in [4.78, 5) is 13.6. The Morgan fingerprint density at radius 2 is 2.00 bits per heavy atom. The summed E-state index contributed by atoms with van der Waals surface area (Å²) in [6, 6.07) is 0. The summed E-state index contributed by atoms with van der Waals surface area (Å²) in [6.07, 6.45) is 2.35. The predicted octanol–water partition coefficient (Wildman–Crippen LogP) is 1.75. The first-order chi connectivity index (χ1) is 7.82. The second kappa shape index (κ2) is 8.42. The summed E-state index contributed by atoms with van der Waals surface area (Å²) in [7, 11) is 3.76. The monoisotopic (exact) mass is 261 g/mol. The summed E-state index contributed by atoms with van der Waals surface area (Å²) >= 11 is 5.19. The van der Waals surface area contributed by atoms with Crippen molar-refractivity contribution in [1.82, 2.24) is 4.90 Å². The third kappa shape index (κ3) is 9.06. The fourth-order valence-electron chi connectivity index (χ4n) is 1.46. The van der Waals surface area contributed by atoms with Crippen LogP contribution in [0.1, 0.15) is 39.5 Å². The molecule has 0 aliphatic rings. The van der Waals surface area contributed by atoms with E-state index in [1.165, 1.54) is 6.92 Å². The Morgan fingerprint density at radius 1 is 1.41 bits per heavy atom. The van der Waals surface area contributed by atoms with E-state index in [9.17, 15) is 9.90 Å². The van der Waals surface area contributed by atoms with Crippen molar-refractivity contribution < 1.29 is 14.6 Å². The maximum absolute atomic E-state index is 11.0. The summed E-state index contributed by atoms with van der Waals surface area (Å²) in [5, 5.41) is 9.18. The van der Waals surface area contributed by atoms with Crippen LogP contribution in [0.2, 0.25) is 0 Å². The van der Waals surface area contributed by atoms with Crippen molar-refractivity contribution >= 4 is 23.2 Å². The lowest BCUT2D eigenvalue weighted by Crippen LogP contribution is -2.27. The van der Waals surface area contributed by atoms with Crippen molar-refractivity contribution in [3.63, 3.8) is 0 Å². The van der Waals surface area contributed by atoms with Gasteiger partial charge in [0.15, 0.2) is 0 Å². The van der Waals surface area contributed by atoms with E-state index in [4.69, 9.17) is 17.0 Å². The average molecular weight is 261 g/mol. The molecule has 0 saturated carbocycles. The van der Waals surface area contributed by atoms with Crippen LogP contribution in [0.25, 0.3) is 0 Å². The topological polar surface area (TPSA) is 49.8 Å². The van der Waals surface area contributed by atoms with Gasteiger partial charge in [0, 0.05) is 27.4 Å². The molecule has 0 heterocycles. The van der Waals surface area contributed by atoms with Crippen LogP contribution in [0.15, 0.2) is 0 Å². The Labute approximate surface area is 109 Å². The molecule has 0 amide bonds. The average Bonchev–Trinajstić information content (AvgIpc) is 2.15. The van der Waals surface area contributed by atoms with Crippen LogP contribution in [0.3, 0.4) is 0 Å². The second-order valence-electron chi connectivity index (χ2n) is 4.50. The van der Waals surface area contributed by atoms with E-state index in [0.29, 0.717) is 12.8 Å². The van der Waals surface area contributed by atoms with Gasteiger partial charge in [0.05, 0.1) is 11.1 Å². The van der Waals surface area contributed by atoms with Crippen LogP contribution >= 0.6 is 12.2 Å². The molecule has 0 spiro atoms. The molecule has 0 aromatic rings. The van der Waals surface area contributed by atoms with E-state index in [-0.39, 0.29) is 18.2 Å². The lowest BCUT2D eigenvalue weighted by Gasteiger charge is -2.21. The number of hydrogen-bond acceptors (Lipinski definition) is 4. The first-order valence-electron chi connectivity index (χ1n) is 5.88. The first kappa shape index (κ1) is 16.3. The van der Waals surface area contributed by atoms with E-state index in [1.54, 1.807) is 6.92 Å².